The monoisotopic (exact) mass is 356 g/mol. The molecule has 0 aliphatic carbocycles. The molecule has 0 radical (unpaired) electrons. The first-order valence-corrected chi connectivity index (χ1v) is 6.57. The Morgan fingerprint density at radius 2 is 1.89 bits per heavy atom. The summed E-state index contributed by atoms with van der Waals surface area (Å²) < 4.78 is 8.26. The van der Waals surface area contributed by atoms with Gasteiger partial charge in [-0.2, -0.15) is 0 Å². The summed E-state index contributed by atoms with van der Waals surface area (Å²) >= 11 is 2.24. The normalized spacial score (nSPS) is 10.3. The van der Waals surface area contributed by atoms with Crippen LogP contribution in [0.15, 0.2) is 47.4 Å². The van der Waals surface area contributed by atoms with E-state index in [2.05, 4.69) is 22.6 Å². The largest absolute Gasteiger partial charge is 0.492 e. The average Bonchev–Trinajstić information content (AvgIpc) is 2.36. The second kappa shape index (κ2) is 5.90. The number of benzene rings is 1. The molecule has 0 saturated heterocycles. The first-order chi connectivity index (χ1) is 8.65. The number of nitrogens with two attached hydrogens (primary N) is 1. The minimum atomic E-state index is -0.0737. The Morgan fingerprint density at radius 3 is 2.61 bits per heavy atom. The highest BCUT2D eigenvalue weighted by Gasteiger charge is 1.98. The Hall–Kier alpha value is -1.50. The summed E-state index contributed by atoms with van der Waals surface area (Å²) in [5.41, 5.74) is 6.12. The lowest BCUT2D eigenvalue weighted by atomic mass is 10.3. The van der Waals surface area contributed by atoms with Crippen LogP contribution in [0.4, 0.5) is 5.69 Å². The fourth-order valence-corrected chi connectivity index (χ4v) is 1.88. The quantitative estimate of drug-likeness (QED) is 0.854. The van der Waals surface area contributed by atoms with Crippen molar-refractivity contribution in [2.24, 2.45) is 0 Å². The van der Waals surface area contributed by atoms with Gasteiger partial charge in [-0.25, -0.2) is 0 Å². The second-order valence-electron chi connectivity index (χ2n) is 3.80. The van der Waals surface area contributed by atoms with Crippen molar-refractivity contribution in [3.63, 3.8) is 0 Å². The van der Waals surface area contributed by atoms with Gasteiger partial charge in [-0.05, 0) is 52.9 Å². The first-order valence-electron chi connectivity index (χ1n) is 5.49. The Balaban J connectivity index is 1.94. The van der Waals surface area contributed by atoms with Gasteiger partial charge in [0.2, 0.25) is 0 Å². The predicted octanol–water partition coefficient (Wildman–Crippen LogP) is 2.11. The highest BCUT2D eigenvalue weighted by atomic mass is 127. The summed E-state index contributed by atoms with van der Waals surface area (Å²) in [6.07, 6.45) is 1.62. The summed E-state index contributed by atoms with van der Waals surface area (Å²) in [6.45, 7) is 0.916. The summed E-state index contributed by atoms with van der Waals surface area (Å²) in [5.74, 6) is 0.798. The molecule has 4 nitrogen and oxygen atoms in total. The molecule has 2 rings (SSSR count). The standard InChI is InChI=1S/C13H13IN2O2/c14-10-1-4-12(5-2-10)18-8-7-16-9-11(15)3-6-13(16)17/h1-6,9H,7-8,15H2. The molecular formula is C13H13IN2O2. The molecule has 0 bridgehead atoms. The minimum Gasteiger partial charge on any atom is -0.492 e. The average molecular weight is 356 g/mol. The number of rotatable bonds is 4. The molecule has 18 heavy (non-hydrogen) atoms. The van der Waals surface area contributed by atoms with Crippen molar-refractivity contribution in [3.05, 3.63) is 56.5 Å². The molecule has 0 atom stereocenters. The molecule has 2 N–H and O–H groups in total. The van der Waals surface area contributed by atoms with E-state index < -0.39 is 0 Å². The summed E-state index contributed by atoms with van der Waals surface area (Å²) in [7, 11) is 0. The number of nitrogens with zero attached hydrogens (tertiary/aromatic N) is 1. The van der Waals surface area contributed by atoms with Crippen LogP contribution < -0.4 is 16.0 Å². The number of aromatic nitrogens is 1. The van der Waals surface area contributed by atoms with Crippen LogP contribution in [0.25, 0.3) is 0 Å². The van der Waals surface area contributed by atoms with Gasteiger partial charge in [0.05, 0.1) is 6.54 Å². The zero-order valence-corrected chi connectivity index (χ0v) is 11.8. The van der Waals surface area contributed by atoms with E-state index in [1.165, 1.54) is 6.07 Å². The molecule has 0 aliphatic rings. The van der Waals surface area contributed by atoms with Crippen molar-refractivity contribution >= 4 is 28.3 Å². The summed E-state index contributed by atoms with van der Waals surface area (Å²) in [5, 5.41) is 0. The van der Waals surface area contributed by atoms with E-state index in [0.29, 0.717) is 18.8 Å². The van der Waals surface area contributed by atoms with Crippen LogP contribution in [0.1, 0.15) is 0 Å². The van der Waals surface area contributed by atoms with Crippen LogP contribution in [0.2, 0.25) is 0 Å². The Kier molecular flexibility index (Phi) is 4.24. The Bertz CT molecular complexity index is 578. The maximum absolute atomic E-state index is 11.5. The molecule has 1 aromatic carbocycles. The fraction of sp³-hybridized carbons (Fsp3) is 0.154. The van der Waals surface area contributed by atoms with Gasteiger partial charge < -0.3 is 15.0 Å². The third-order valence-corrected chi connectivity index (χ3v) is 3.14. The van der Waals surface area contributed by atoms with E-state index in [1.54, 1.807) is 16.8 Å². The maximum atomic E-state index is 11.5. The molecule has 0 aliphatic heterocycles. The number of anilines is 1. The molecule has 1 aromatic heterocycles. The van der Waals surface area contributed by atoms with Gasteiger partial charge in [-0.15, -0.1) is 0 Å². The van der Waals surface area contributed by atoms with Crippen molar-refractivity contribution in [1.29, 1.82) is 0 Å². The number of ether oxygens (including phenoxy) is 1. The lowest BCUT2D eigenvalue weighted by molar-refractivity contribution is 0.296. The van der Waals surface area contributed by atoms with Gasteiger partial charge in [0.1, 0.15) is 12.4 Å². The van der Waals surface area contributed by atoms with Gasteiger partial charge in [0.25, 0.3) is 5.56 Å². The molecule has 0 amide bonds. The molecular weight excluding hydrogens is 343 g/mol. The zero-order chi connectivity index (χ0) is 13.0. The molecule has 0 fully saturated rings. The molecule has 94 valence electrons. The van der Waals surface area contributed by atoms with Gasteiger partial charge in [0.15, 0.2) is 0 Å². The third kappa shape index (κ3) is 3.49. The van der Waals surface area contributed by atoms with Gasteiger partial charge in [-0.1, -0.05) is 0 Å². The molecule has 5 heteroatoms. The summed E-state index contributed by atoms with van der Waals surface area (Å²) in [4.78, 5) is 11.5. The van der Waals surface area contributed by atoms with E-state index in [1.807, 2.05) is 24.3 Å². The van der Waals surface area contributed by atoms with Gasteiger partial charge in [0, 0.05) is 21.5 Å². The summed E-state index contributed by atoms with van der Waals surface area (Å²) in [6, 6.07) is 10.8. The highest BCUT2D eigenvalue weighted by molar-refractivity contribution is 14.1. The van der Waals surface area contributed by atoms with Crippen LogP contribution >= 0.6 is 22.6 Å². The third-order valence-electron chi connectivity index (χ3n) is 2.42. The van der Waals surface area contributed by atoms with E-state index in [4.69, 9.17) is 10.5 Å². The van der Waals surface area contributed by atoms with Crippen LogP contribution in [0.3, 0.4) is 0 Å². The van der Waals surface area contributed by atoms with E-state index >= 15 is 0 Å². The Labute approximate surface area is 119 Å². The molecule has 0 unspecified atom stereocenters. The number of nitrogen functional groups attached to an aromatic ring is 1. The van der Waals surface area contributed by atoms with E-state index in [0.717, 1.165) is 9.32 Å². The maximum Gasteiger partial charge on any atom is 0.250 e. The number of hydrogen-bond donors (Lipinski definition) is 1. The van der Waals surface area contributed by atoms with Crippen molar-refractivity contribution in [1.82, 2.24) is 4.57 Å². The van der Waals surface area contributed by atoms with Crippen LogP contribution in [0, 0.1) is 3.57 Å². The molecule has 1 heterocycles. The SMILES string of the molecule is Nc1ccc(=O)n(CCOc2ccc(I)cc2)c1. The second-order valence-corrected chi connectivity index (χ2v) is 5.04. The topological polar surface area (TPSA) is 57.2 Å². The molecule has 0 spiro atoms. The van der Waals surface area contributed by atoms with Gasteiger partial charge in [-0.3, -0.25) is 4.79 Å². The zero-order valence-electron chi connectivity index (χ0n) is 9.67. The van der Waals surface area contributed by atoms with Crippen LogP contribution in [0.5, 0.6) is 5.75 Å². The lowest BCUT2D eigenvalue weighted by Crippen LogP contribution is -2.22. The number of hydrogen-bond acceptors (Lipinski definition) is 3. The van der Waals surface area contributed by atoms with Crippen molar-refractivity contribution in [2.45, 2.75) is 6.54 Å². The van der Waals surface area contributed by atoms with E-state index in [-0.39, 0.29) is 5.56 Å². The Morgan fingerprint density at radius 1 is 1.17 bits per heavy atom. The first kappa shape index (κ1) is 12.9. The van der Waals surface area contributed by atoms with Crippen LogP contribution in [-0.2, 0) is 6.54 Å². The number of halogens is 1. The molecule has 2 aromatic rings. The highest BCUT2D eigenvalue weighted by Crippen LogP contribution is 2.13. The smallest absolute Gasteiger partial charge is 0.250 e. The van der Waals surface area contributed by atoms with Gasteiger partial charge >= 0.3 is 0 Å². The predicted molar refractivity (Wildman–Crippen MR) is 79.8 cm³/mol. The lowest BCUT2D eigenvalue weighted by Gasteiger charge is -2.08. The minimum absolute atomic E-state index is 0.0737. The fourth-order valence-electron chi connectivity index (χ4n) is 1.52. The van der Waals surface area contributed by atoms with E-state index in [9.17, 15) is 4.79 Å². The van der Waals surface area contributed by atoms with Crippen molar-refractivity contribution in [2.75, 3.05) is 12.3 Å². The van der Waals surface area contributed by atoms with Crippen molar-refractivity contribution in [3.8, 4) is 5.75 Å². The number of pyridine rings is 1. The van der Waals surface area contributed by atoms with Crippen molar-refractivity contribution < 1.29 is 4.74 Å². The van der Waals surface area contributed by atoms with Crippen LogP contribution in [-0.4, -0.2) is 11.2 Å². The molecule has 0 saturated carbocycles.